The molecular weight excluding hydrogens is 371 g/mol. The third-order valence-corrected chi connectivity index (χ3v) is 6.54. The first-order valence-electron chi connectivity index (χ1n) is 9.97. The van der Waals surface area contributed by atoms with Gasteiger partial charge in [-0.05, 0) is 50.6 Å². The van der Waals surface area contributed by atoms with Crippen LogP contribution in [0.15, 0.2) is 48.5 Å². The number of hydrogen-bond donors (Lipinski definition) is 0. The van der Waals surface area contributed by atoms with E-state index in [1.165, 1.54) is 24.3 Å². The third-order valence-electron chi connectivity index (χ3n) is 6.54. The van der Waals surface area contributed by atoms with Crippen molar-refractivity contribution in [3.8, 4) is 0 Å². The molecule has 3 fully saturated rings. The van der Waals surface area contributed by atoms with Gasteiger partial charge >= 0.3 is 0 Å². The van der Waals surface area contributed by atoms with Crippen molar-refractivity contribution in [2.24, 2.45) is 11.8 Å². The molecule has 0 aliphatic carbocycles. The van der Waals surface area contributed by atoms with Crippen LogP contribution in [0.2, 0.25) is 0 Å². The number of ketones is 1. The number of anilines is 1. The van der Waals surface area contributed by atoms with Crippen LogP contribution in [-0.2, 0) is 9.59 Å². The van der Waals surface area contributed by atoms with Gasteiger partial charge in [0, 0.05) is 11.6 Å². The fourth-order valence-electron chi connectivity index (χ4n) is 5.25. The van der Waals surface area contributed by atoms with Gasteiger partial charge in [-0.1, -0.05) is 29.8 Å². The van der Waals surface area contributed by atoms with Crippen molar-refractivity contribution < 1.29 is 18.8 Å². The second-order valence-corrected chi connectivity index (χ2v) is 8.16. The smallest absolute Gasteiger partial charge is 0.239 e. The molecule has 0 spiro atoms. The molecule has 0 bridgehead atoms. The van der Waals surface area contributed by atoms with Gasteiger partial charge in [0.2, 0.25) is 11.8 Å². The highest BCUT2D eigenvalue weighted by molar-refractivity contribution is 6.24. The normalized spacial score (nSPS) is 28.7. The summed E-state index contributed by atoms with van der Waals surface area (Å²) in [5.41, 5.74) is 1.98. The van der Waals surface area contributed by atoms with Crippen LogP contribution in [0.1, 0.15) is 28.8 Å². The molecule has 2 aromatic carbocycles. The average molecular weight is 392 g/mol. The standard InChI is InChI=1S/C23H21FN2O3/c1-13-4-6-14(7-5-13)21(27)20-19-18(17-3-2-12-25(17)20)22(28)26(23(19)29)16-10-8-15(24)9-11-16/h4-11,17-20H,2-3,12H2,1H3/t17-,18-,19+,20-/m0/s1. The number of carbonyl (C=O) groups excluding carboxylic acids is 3. The Morgan fingerprint density at radius 3 is 2.31 bits per heavy atom. The Morgan fingerprint density at radius 1 is 0.966 bits per heavy atom. The van der Waals surface area contributed by atoms with Crippen LogP contribution in [0.5, 0.6) is 0 Å². The zero-order valence-electron chi connectivity index (χ0n) is 16.0. The number of benzene rings is 2. The van der Waals surface area contributed by atoms with Gasteiger partial charge < -0.3 is 0 Å². The average Bonchev–Trinajstić information content (AvgIpc) is 3.35. The lowest BCUT2D eigenvalue weighted by Gasteiger charge is -2.27. The van der Waals surface area contributed by atoms with Crippen LogP contribution in [-0.4, -0.2) is 41.1 Å². The van der Waals surface area contributed by atoms with Gasteiger partial charge in [0.05, 0.1) is 23.6 Å². The molecule has 5 rings (SSSR count). The van der Waals surface area contributed by atoms with E-state index in [0.29, 0.717) is 11.3 Å². The van der Waals surface area contributed by atoms with Crippen molar-refractivity contribution in [2.75, 3.05) is 11.4 Å². The predicted molar refractivity (Wildman–Crippen MR) is 105 cm³/mol. The Morgan fingerprint density at radius 2 is 1.62 bits per heavy atom. The van der Waals surface area contributed by atoms with Gasteiger partial charge in [-0.15, -0.1) is 0 Å². The summed E-state index contributed by atoms with van der Waals surface area (Å²) in [5, 5.41) is 0. The Kier molecular flexibility index (Phi) is 4.13. The summed E-state index contributed by atoms with van der Waals surface area (Å²) < 4.78 is 13.3. The zero-order chi connectivity index (χ0) is 20.3. The van der Waals surface area contributed by atoms with E-state index in [1.807, 2.05) is 19.1 Å². The molecule has 29 heavy (non-hydrogen) atoms. The fourth-order valence-corrected chi connectivity index (χ4v) is 5.25. The summed E-state index contributed by atoms with van der Waals surface area (Å²) >= 11 is 0. The van der Waals surface area contributed by atoms with E-state index in [-0.39, 0.29) is 23.6 Å². The highest BCUT2D eigenvalue weighted by atomic mass is 19.1. The van der Waals surface area contributed by atoms with Crippen molar-refractivity contribution in [2.45, 2.75) is 31.8 Å². The highest BCUT2D eigenvalue weighted by Gasteiger charge is 2.64. The molecule has 0 radical (unpaired) electrons. The molecule has 3 aliphatic rings. The fraction of sp³-hybridized carbons (Fsp3) is 0.348. The van der Waals surface area contributed by atoms with Crippen LogP contribution >= 0.6 is 0 Å². The van der Waals surface area contributed by atoms with Gasteiger partial charge in [0.1, 0.15) is 5.82 Å². The van der Waals surface area contributed by atoms with E-state index < -0.39 is 23.7 Å². The maximum Gasteiger partial charge on any atom is 0.239 e. The first-order chi connectivity index (χ1) is 14.0. The third kappa shape index (κ3) is 2.66. The number of carbonyl (C=O) groups is 3. The maximum atomic E-state index is 13.4. The molecule has 0 saturated carbocycles. The van der Waals surface area contributed by atoms with Crippen molar-refractivity contribution >= 4 is 23.3 Å². The Bertz CT molecular complexity index is 1000. The Labute approximate surface area is 168 Å². The molecule has 5 nitrogen and oxygen atoms in total. The topological polar surface area (TPSA) is 57.7 Å². The number of aryl methyl sites for hydroxylation is 1. The van der Waals surface area contributed by atoms with Crippen molar-refractivity contribution in [3.63, 3.8) is 0 Å². The minimum absolute atomic E-state index is 0.0960. The van der Waals surface area contributed by atoms with Gasteiger partial charge in [-0.3, -0.25) is 19.3 Å². The molecule has 2 aromatic rings. The maximum absolute atomic E-state index is 13.4. The molecule has 3 aliphatic heterocycles. The second kappa shape index (κ2) is 6.59. The summed E-state index contributed by atoms with van der Waals surface area (Å²) in [4.78, 5) is 43.2. The molecule has 3 saturated heterocycles. The molecule has 6 heteroatoms. The van der Waals surface area contributed by atoms with Crippen molar-refractivity contribution in [1.82, 2.24) is 4.90 Å². The number of amides is 2. The molecule has 0 aromatic heterocycles. The second-order valence-electron chi connectivity index (χ2n) is 8.16. The first-order valence-corrected chi connectivity index (χ1v) is 9.97. The summed E-state index contributed by atoms with van der Waals surface area (Å²) in [6, 6.07) is 12.0. The highest BCUT2D eigenvalue weighted by Crippen LogP contribution is 2.48. The van der Waals surface area contributed by atoms with Gasteiger partial charge in [-0.2, -0.15) is 0 Å². The number of hydrogen-bond acceptors (Lipinski definition) is 4. The van der Waals surface area contributed by atoms with Crippen LogP contribution in [0, 0.1) is 24.6 Å². The largest absolute Gasteiger partial charge is 0.292 e. The van der Waals surface area contributed by atoms with E-state index in [0.717, 1.165) is 29.8 Å². The van der Waals surface area contributed by atoms with Gasteiger partial charge in [-0.25, -0.2) is 9.29 Å². The van der Waals surface area contributed by atoms with Crippen LogP contribution in [0.25, 0.3) is 0 Å². The summed E-state index contributed by atoms with van der Waals surface area (Å²) in [6.45, 7) is 2.67. The SMILES string of the molecule is Cc1ccc(C(=O)[C@@H]2[C@@H]3C(=O)N(c4ccc(F)cc4)C(=O)[C@H]3[C@@H]3CCCN23)cc1. The Hall–Kier alpha value is -2.86. The molecule has 3 heterocycles. The van der Waals surface area contributed by atoms with Crippen molar-refractivity contribution in [1.29, 1.82) is 0 Å². The lowest BCUT2D eigenvalue weighted by Crippen LogP contribution is -2.46. The van der Waals surface area contributed by atoms with E-state index >= 15 is 0 Å². The number of Topliss-reactive ketones (excluding diaryl/α,β-unsaturated/α-hetero) is 1. The van der Waals surface area contributed by atoms with Crippen LogP contribution in [0.4, 0.5) is 10.1 Å². The van der Waals surface area contributed by atoms with Gasteiger partial charge in [0.25, 0.3) is 0 Å². The van der Waals surface area contributed by atoms with Gasteiger partial charge in [0.15, 0.2) is 5.78 Å². The van der Waals surface area contributed by atoms with E-state index in [1.54, 1.807) is 12.1 Å². The molecule has 148 valence electrons. The molecule has 0 unspecified atom stereocenters. The summed E-state index contributed by atoms with van der Waals surface area (Å²) in [6.07, 6.45) is 1.71. The molecular formula is C23H21FN2O3. The first kappa shape index (κ1) is 18.2. The van der Waals surface area contributed by atoms with Crippen molar-refractivity contribution in [3.05, 3.63) is 65.5 Å². The zero-order valence-corrected chi connectivity index (χ0v) is 16.0. The van der Waals surface area contributed by atoms with Crippen LogP contribution < -0.4 is 4.90 Å². The van der Waals surface area contributed by atoms with E-state index in [4.69, 9.17) is 0 Å². The number of fused-ring (bicyclic) bond motifs is 3. The predicted octanol–water partition coefficient (Wildman–Crippen LogP) is 2.97. The molecule has 2 amide bonds. The minimum atomic E-state index is -0.688. The molecule has 4 atom stereocenters. The number of imide groups is 1. The number of halogens is 1. The minimum Gasteiger partial charge on any atom is -0.292 e. The summed E-state index contributed by atoms with van der Waals surface area (Å²) in [7, 11) is 0. The lowest BCUT2D eigenvalue weighted by atomic mass is 9.85. The van der Waals surface area contributed by atoms with E-state index in [2.05, 4.69) is 4.90 Å². The van der Waals surface area contributed by atoms with E-state index in [9.17, 15) is 18.8 Å². The number of nitrogens with zero attached hydrogens (tertiary/aromatic N) is 2. The number of rotatable bonds is 3. The Balaban J connectivity index is 1.54. The summed E-state index contributed by atoms with van der Waals surface area (Å²) in [5.74, 6) is -2.37. The lowest BCUT2D eigenvalue weighted by molar-refractivity contribution is -0.123. The molecule has 0 N–H and O–H groups in total. The quantitative estimate of drug-likeness (QED) is 0.595. The monoisotopic (exact) mass is 392 g/mol. The van der Waals surface area contributed by atoms with Crippen LogP contribution in [0.3, 0.4) is 0 Å².